The highest BCUT2D eigenvalue weighted by Gasteiger charge is 2.15. The summed E-state index contributed by atoms with van der Waals surface area (Å²) in [4.78, 5) is 11.6. The third-order valence-electron chi connectivity index (χ3n) is 6.47. The highest BCUT2D eigenvalue weighted by Crippen LogP contribution is 2.32. The van der Waals surface area contributed by atoms with Crippen LogP contribution in [0.4, 0.5) is 0 Å². The van der Waals surface area contributed by atoms with Crippen LogP contribution in [0.1, 0.15) is 70.1 Å². The van der Waals surface area contributed by atoms with Crippen molar-refractivity contribution in [3.8, 4) is 22.9 Å². The lowest BCUT2D eigenvalue weighted by atomic mass is 9.94. The maximum atomic E-state index is 11.6. The van der Waals surface area contributed by atoms with Crippen molar-refractivity contribution in [1.29, 1.82) is 5.26 Å². The predicted molar refractivity (Wildman–Crippen MR) is 144 cm³/mol. The molecule has 0 fully saturated rings. The zero-order valence-electron chi connectivity index (χ0n) is 21.6. The zero-order valence-corrected chi connectivity index (χ0v) is 21.6. The number of benzene rings is 2. The van der Waals surface area contributed by atoms with Crippen molar-refractivity contribution >= 4 is 11.9 Å². The SMILES string of the molecule is CCCC(CCC)Oc1ccc(-c2cccc(/C=C(\C)C3=CC=C(C(C)=O)CN3)c2C)cc1C#N. The van der Waals surface area contributed by atoms with Crippen molar-refractivity contribution in [1.82, 2.24) is 5.32 Å². The lowest BCUT2D eigenvalue weighted by molar-refractivity contribution is -0.113. The second kappa shape index (κ2) is 12.2. The Labute approximate surface area is 210 Å². The average molecular weight is 469 g/mol. The molecule has 3 rings (SSSR count). The molecule has 0 radical (unpaired) electrons. The molecular weight excluding hydrogens is 432 g/mol. The first-order valence-electron chi connectivity index (χ1n) is 12.5. The van der Waals surface area contributed by atoms with Crippen molar-refractivity contribution in [2.24, 2.45) is 0 Å². The van der Waals surface area contributed by atoms with Gasteiger partial charge in [0.1, 0.15) is 11.8 Å². The number of hydrogen-bond donors (Lipinski definition) is 1. The molecule has 4 nitrogen and oxygen atoms in total. The number of carbonyl (C=O) groups excluding carboxylic acids is 1. The van der Waals surface area contributed by atoms with Gasteiger partial charge in [0.05, 0.1) is 11.7 Å². The van der Waals surface area contributed by atoms with Crippen molar-refractivity contribution in [3.05, 3.63) is 82.1 Å². The first kappa shape index (κ1) is 26.0. The van der Waals surface area contributed by atoms with E-state index >= 15 is 0 Å². The van der Waals surface area contributed by atoms with Gasteiger partial charge in [-0.2, -0.15) is 5.26 Å². The molecule has 0 aliphatic carbocycles. The summed E-state index contributed by atoms with van der Waals surface area (Å²) in [6, 6.07) is 14.5. The molecule has 1 aliphatic heterocycles. The Morgan fingerprint density at radius 2 is 1.89 bits per heavy atom. The van der Waals surface area contributed by atoms with E-state index in [0.29, 0.717) is 17.9 Å². The van der Waals surface area contributed by atoms with Gasteiger partial charge in [-0.1, -0.05) is 57.0 Å². The molecule has 0 bridgehead atoms. The molecule has 0 saturated carbocycles. The van der Waals surface area contributed by atoms with Crippen LogP contribution in [0.25, 0.3) is 17.2 Å². The van der Waals surface area contributed by atoms with E-state index in [2.05, 4.69) is 57.3 Å². The van der Waals surface area contributed by atoms with Crippen molar-refractivity contribution in [3.63, 3.8) is 0 Å². The van der Waals surface area contributed by atoms with Crippen LogP contribution < -0.4 is 10.1 Å². The van der Waals surface area contributed by atoms with E-state index in [4.69, 9.17) is 4.74 Å². The molecular formula is C31H36N2O2. The highest BCUT2D eigenvalue weighted by atomic mass is 16.5. The fourth-order valence-electron chi connectivity index (χ4n) is 4.41. The number of hydrogen-bond acceptors (Lipinski definition) is 4. The predicted octanol–water partition coefficient (Wildman–Crippen LogP) is 7.29. The number of dihydropyridines is 1. The van der Waals surface area contributed by atoms with Gasteiger partial charge in [-0.05, 0) is 85.7 Å². The molecule has 0 spiro atoms. The minimum absolute atomic E-state index is 0.0948. The summed E-state index contributed by atoms with van der Waals surface area (Å²) in [5.74, 6) is 0.762. The molecule has 35 heavy (non-hydrogen) atoms. The number of allylic oxidation sites excluding steroid dienone is 3. The van der Waals surface area contributed by atoms with E-state index in [1.807, 2.05) is 36.4 Å². The maximum absolute atomic E-state index is 11.6. The number of ketones is 1. The van der Waals surface area contributed by atoms with E-state index in [1.54, 1.807) is 6.92 Å². The summed E-state index contributed by atoms with van der Waals surface area (Å²) >= 11 is 0. The normalized spacial score (nSPS) is 13.6. The molecule has 1 heterocycles. The molecule has 0 unspecified atom stereocenters. The Morgan fingerprint density at radius 3 is 2.49 bits per heavy atom. The minimum atomic E-state index is 0.0948. The molecule has 0 saturated heterocycles. The van der Waals surface area contributed by atoms with Gasteiger partial charge < -0.3 is 10.1 Å². The van der Waals surface area contributed by atoms with E-state index in [1.165, 1.54) is 0 Å². The molecule has 2 aromatic carbocycles. The van der Waals surface area contributed by atoms with Crippen LogP contribution in [0.3, 0.4) is 0 Å². The van der Waals surface area contributed by atoms with Gasteiger partial charge in [0, 0.05) is 17.8 Å². The quantitative estimate of drug-likeness (QED) is 0.398. The standard InChI is InChI=1S/C31H36N2O2/c1-6-9-28(10-7-2)35-31-16-14-25(18-27(31)19-32)29-12-8-11-24(22(29)4)17-21(3)30-15-13-26(20-33-30)23(5)34/h8,11-18,28,33H,6-7,9-10,20H2,1-5H3/b21-17+. The van der Waals surface area contributed by atoms with Crippen molar-refractivity contribution < 1.29 is 9.53 Å². The molecule has 0 amide bonds. The lowest BCUT2D eigenvalue weighted by Gasteiger charge is -2.19. The first-order chi connectivity index (χ1) is 16.9. The summed E-state index contributed by atoms with van der Waals surface area (Å²) in [6.45, 7) is 10.6. The largest absolute Gasteiger partial charge is 0.489 e. The summed E-state index contributed by atoms with van der Waals surface area (Å²) in [6.07, 6.45) is 10.3. The number of rotatable bonds is 10. The fourth-order valence-corrected chi connectivity index (χ4v) is 4.41. The van der Waals surface area contributed by atoms with Gasteiger partial charge in [-0.25, -0.2) is 0 Å². The van der Waals surface area contributed by atoms with Crippen LogP contribution in [0.15, 0.2) is 65.4 Å². The molecule has 182 valence electrons. The fraction of sp³-hybridized carbons (Fsp3) is 0.355. The monoisotopic (exact) mass is 468 g/mol. The zero-order chi connectivity index (χ0) is 25.4. The topological polar surface area (TPSA) is 62.1 Å². The van der Waals surface area contributed by atoms with Gasteiger partial charge in [-0.3, -0.25) is 4.79 Å². The Kier molecular flexibility index (Phi) is 9.09. The van der Waals surface area contributed by atoms with E-state index in [0.717, 1.165) is 64.8 Å². The molecule has 1 N–H and O–H groups in total. The van der Waals surface area contributed by atoms with Gasteiger partial charge in [0.2, 0.25) is 0 Å². The van der Waals surface area contributed by atoms with Gasteiger partial charge in [-0.15, -0.1) is 0 Å². The molecule has 2 aromatic rings. The smallest absolute Gasteiger partial charge is 0.157 e. The third-order valence-corrected chi connectivity index (χ3v) is 6.47. The Bertz CT molecular complexity index is 1200. The minimum Gasteiger partial charge on any atom is -0.489 e. The van der Waals surface area contributed by atoms with Crippen LogP contribution in [-0.4, -0.2) is 18.4 Å². The second-order valence-electron chi connectivity index (χ2n) is 9.17. The summed E-state index contributed by atoms with van der Waals surface area (Å²) in [7, 11) is 0. The van der Waals surface area contributed by atoms with Crippen LogP contribution in [0, 0.1) is 18.3 Å². The van der Waals surface area contributed by atoms with Crippen molar-refractivity contribution in [2.45, 2.75) is 66.4 Å². The van der Waals surface area contributed by atoms with Crippen LogP contribution in [0.5, 0.6) is 5.75 Å². The highest BCUT2D eigenvalue weighted by molar-refractivity contribution is 5.94. The number of nitriles is 1. The average Bonchev–Trinajstić information content (AvgIpc) is 2.86. The van der Waals surface area contributed by atoms with Crippen LogP contribution in [-0.2, 0) is 4.79 Å². The number of Topliss-reactive ketones (excluding diaryl/α,β-unsaturated/α-hetero) is 1. The maximum Gasteiger partial charge on any atom is 0.157 e. The lowest BCUT2D eigenvalue weighted by Crippen LogP contribution is -2.23. The Morgan fingerprint density at radius 1 is 1.14 bits per heavy atom. The molecule has 1 aliphatic rings. The number of carbonyl (C=O) groups is 1. The summed E-state index contributed by atoms with van der Waals surface area (Å²) in [5, 5.41) is 13.2. The summed E-state index contributed by atoms with van der Waals surface area (Å²) in [5.41, 5.74) is 7.84. The van der Waals surface area contributed by atoms with Crippen molar-refractivity contribution in [2.75, 3.05) is 6.54 Å². The van der Waals surface area contributed by atoms with E-state index in [9.17, 15) is 10.1 Å². The molecule has 0 aromatic heterocycles. The number of nitrogens with zero attached hydrogens (tertiary/aromatic N) is 1. The third kappa shape index (κ3) is 6.51. The number of nitrogens with one attached hydrogen (secondary N) is 1. The molecule has 4 heteroatoms. The Balaban J connectivity index is 1.90. The van der Waals surface area contributed by atoms with Crippen LogP contribution >= 0.6 is 0 Å². The second-order valence-corrected chi connectivity index (χ2v) is 9.17. The Hall–Kier alpha value is -3.58. The van der Waals surface area contributed by atoms with Crippen LogP contribution in [0.2, 0.25) is 0 Å². The van der Waals surface area contributed by atoms with Gasteiger partial charge in [0.25, 0.3) is 0 Å². The summed E-state index contributed by atoms with van der Waals surface area (Å²) < 4.78 is 6.23. The molecule has 0 atom stereocenters. The van der Waals surface area contributed by atoms with Gasteiger partial charge >= 0.3 is 0 Å². The van der Waals surface area contributed by atoms with E-state index in [-0.39, 0.29) is 11.9 Å². The first-order valence-corrected chi connectivity index (χ1v) is 12.5. The van der Waals surface area contributed by atoms with Gasteiger partial charge in [0.15, 0.2) is 5.78 Å². The van der Waals surface area contributed by atoms with E-state index < -0.39 is 0 Å². The number of ether oxygens (including phenoxy) is 1.